The van der Waals surface area contributed by atoms with Crippen molar-refractivity contribution in [1.29, 1.82) is 0 Å². The van der Waals surface area contributed by atoms with Crippen LogP contribution >= 0.6 is 15.9 Å². The minimum atomic E-state index is -2.82. The highest BCUT2D eigenvalue weighted by Crippen LogP contribution is 2.29. The third kappa shape index (κ3) is 6.14. The number of allylic oxidation sites excluding steroid dienone is 3. The number of rotatable bonds is 8. The Morgan fingerprint density at radius 1 is 1.19 bits per heavy atom. The first-order valence-corrected chi connectivity index (χ1v) is 12.6. The molecule has 0 radical (unpaired) electrons. The van der Waals surface area contributed by atoms with Gasteiger partial charge in [0.2, 0.25) is 17.8 Å². The number of morpholine rings is 1. The number of halogens is 3. The topological polar surface area (TPSA) is 81.0 Å². The largest absolute Gasteiger partial charge is 0.378 e. The van der Waals surface area contributed by atoms with Gasteiger partial charge in [0, 0.05) is 18.6 Å². The van der Waals surface area contributed by atoms with Crippen molar-refractivity contribution in [2.45, 2.75) is 39.2 Å². The molecule has 1 aliphatic heterocycles. The number of aromatic nitrogens is 5. The van der Waals surface area contributed by atoms with E-state index in [1.165, 1.54) is 4.57 Å². The van der Waals surface area contributed by atoms with Gasteiger partial charge in [0.15, 0.2) is 5.82 Å². The first-order chi connectivity index (χ1) is 17.7. The van der Waals surface area contributed by atoms with Crippen molar-refractivity contribution >= 4 is 38.9 Å². The number of alkyl halides is 2. The summed E-state index contributed by atoms with van der Waals surface area (Å²) in [4.78, 5) is 19.9. The molecule has 37 heavy (non-hydrogen) atoms. The molecule has 1 saturated heterocycles. The zero-order valence-electron chi connectivity index (χ0n) is 20.9. The van der Waals surface area contributed by atoms with E-state index < -0.39 is 17.8 Å². The van der Waals surface area contributed by atoms with Gasteiger partial charge in [-0.15, -0.1) is 6.42 Å². The number of anilines is 2. The van der Waals surface area contributed by atoms with Crippen LogP contribution in [0.1, 0.15) is 39.4 Å². The van der Waals surface area contributed by atoms with Crippen LogP contribution in [-0.4, -0.2) is 56.3 Å². The summed E-state index contributed by atoms with van der Waals surface area (Å²) >= 11 is 3.45. The summed E-state index contributed by atoms with van der Waals surface area (Å²) in [5.74, 6) is 2.89. The van der Waals surface area contributed by atoms with Crippen LogP contribution in [0.2, 0.25) is 0 Å². The van der Waals surface area contributed by atoms with Crippen LogP contribution in [0.15, 0.2) is 46.5 Å². The zero-order chi connectivity index (χ0) is 26.6. The predicted octanol–water partition coefficient (Wildman–Crippen LogP) is 5.42. The normalized spacial score (nSPS) is 15.4. The monoisotopic (exact) mass is 571 g/mol. The van der Waals surface area contributed by atoms with E-state index in [0.29, 0.717) is 54.2 Å². The Morgan fingerprint density at radius 2 is 1.89 bits per heavy atom. The van der Waals surface area contributed by atoms with Crippen molar-refractivity contribution < 1.29 is 13.5 Å². The maximum atomic E-state index is 14.1. The number of benzene rings is 1. The summed E-state index contributed by atoms with van der Waals surface area (Å²) in [7, 11) is 0. The maximum Gasteiger partial charge on any atom is 0.296 e. The van der Waals surface area contributed by atoms with Crippen LogP contribution in [0.3, 0.4) is 0 Å². The quantitative estimate of drug-likeness (QED) is 0.285. The fourth-order valence-electron chi connectivity index (χ4n) is 4.14. The Kier molecular flexibility index (Phi) is 8.19. The highest BCUT2D eigenvalue weighted by atomic mass is 79.9. The molecule has 1 N–H and O–H groups in total. The molecule has 0 spiro atoms. The molecule has 0 atom stereocenters. The number of nitrogens with zero attached hydrogens (tertiary/aromatic N) is 6. The molecule has 4 rings (SSSR count). The van der Waals surface area contributed by atoms with E-state index >= 15 is 0 Å². The highest BCUT2D eigenvalue weighted by molar-refractivity contribution is 9.12. The Morgan fingerprint density at radius 3 is 2.57 bits per heavy atom. The van der Waals surface area contributed by atoms with E-state index in [1.54, 1.807) is 24.3 Å². The Balaban J connectivity index is 1.81. The van der Waals surface area contributed by atoms with Gasteiger partial charge in [-0.3, -0.25) is 4.57 Å². The molecule has 8 nitrogen and oxygen atoms in total. The molecule has 3 heterocycles. The van der Waals surface area contributed by atoms with Gasteiger partial charge in [0.1, 0.15) is 0 Å². The SMILES string of the molecule is C#C/C(Br)=C(\C=C/C)CC(C)(C)Nc1nc(N2CCOCC2)nc(-n2c(C(F)F)nc3ccccc32)n1. The minimum absolute atomic E-state index is 0.0628. The van der Waals surface area contributed by atoms with Gasteiger partial charge in [-0.1, -0.05) is 30.2 Å². The molecule has 3 aromatic rings. The van der Waals surface area contributed by atoms with E-state index in [9.17, 15) is 8.78 Å². The number of hydrogen-bond donors (Lipinski definition) is 1. The second kappa shape index (κ2) is 11.4. The van der Waals surface area contributed by atoms with Gasteiger partial charge in [0.05, 0.1) is 28.7 Å². The Labute approximate surface area is 223 Å². The van der Waals surface area contributed by atoms with Crippen molar-refractivity contribution in [3.05, 3.63) is 52.3 Å². The van der Waals surface area contributed by atoms with Gasteiger partial charge < -0.3 is 15.0 Å². The number of ether oxygens (including phenoxy) is 1. The second-order valence-electron chi connectivity index (χ2n) is 9.12. The van der Waals surface area contributed by atoms with Crippen LogP contribution in [0.4, 0.5) is 20.7 Å². The maximum absolute atomic E-state index is 14.1. The van der Waals surface area contributed by atoms with Gasteiger partial charge in [-0.05, 0) is 60.8 Å². The molecule has 0 amide bonds. The number of hydrogen-bond acceptors (Lipinski definition) is 7. The molecule has 1 fully saturated rings. The van der Waals surface area contributed by atoms with Crippen molar-refractivity contribution in [1.82, 2.24) is 24.5 Å². The van der Waals surface area contributed by atoms with Crippen molar-refractivity contribution in [2.75, 3.05) is 36.5 Å². The summed E-state index contributed by atoms with van der Waals surface area (Å²) in [5, 5.41) is 3.37. The van der Waals surface area contributed by atoms with Crippen molar-refractivity contribution in [3.8, 4) is 18.3 Å². The van der Waals surface area contributed by atoms with E-state index in [4.69, 9.17) is 11.2 Å². The second-order valence-corrected chi connectivity index (χ2v) is 9.92. The fraction of sp³-hybridized carbons (Fsp3) is 0.385. The third-order valence-electron chi connectivity index (χ3n) is 5.75. The molecule has 0 saturated carbocycles. The Bertz CT molecular complexity index is 1370. The van der Waals surface area contributed by atoms with Crippen molar-refractivity contribution in [3.63, 3.8) is 0 Å². The molecular weight excluding hydrogens is 544 g/mol. The van der Waals surface area contributed by atoms with Crippen LogP contribution in [0.5, 0.6) is 0 Å². The fourth-order valence-corrected chi connectivity index (χ4v) is 4.41. The molecule has 0 aliphatic carbocycles. The average molecular weight is 572 g/mol. The molecule has 2 aromatic heterocycles. The minimum Gasteiger partial charge on any atom is -0.378 e. The number of para-hydroxylation sites is 2. The van der Waals surface area contributed by atoms with Gasteiger partial charge in [-0.2, -0.15) is 15.0 Å². The number of nitrogens with one attached hydrogen (secondary N) is 1. The lowest BCUT2D eigenvalue weighted by atomic mass is 9.94. The zero-order valence-corrected chi connectivity index (χ0v) is 22.5. The molecule has 194 valence electrons. The van der Waals surface area contributed by atoms with Crippen LogP contribution in [0, 0.1) is 12.3 Å². The van der Waals surface area contributed by atoms with Crippen LogP contribution in [-0.2, 0) is 4.74 Å². The summed E-state index contributed by atoms with van der Waals surface area (Å²) in [6.07, 6.45) is 7.19. The first kappa shape index (κ1) is 26.7. The Hall–Kier alpha value is -3.36. The standard InChI is InChI=1S/C26H28BrF2N7O/c1-5-9-17(18(27)6-2)16-26(3,4)34-23-31-24(35-12-14-37-15-13-35)33-25(32-23)36-20-11-8-7-10-19(20)30-22(36)21(28)29/h2,5,7-11,21H,12-16H2,1,3-4H3,(H,31,32,33,34)/b9-5-,18-17-. The summed E-state index contributed by atoms with van der Waals surface area (Å²) in [6.45, 7) is 8.07. The number of fused-ring (bicyclic) bond motifs is 1. The smallest absolute Gasteiger partial charge is 0.296 e. The van der Waals surface area contributed by atoms with Crippen LogP contribution < -0.4 is 10.2 Å². The van der Waals surface area contributed by atoms with Gasteiger partial charge in [-0.25, -0.2) is 13.8 Å². The van der Waals surface area contributed by atoms with E-state index in [-0.39, 0.29) is 11.9 Å². The summed E-state index contributed by atoms with van der Waals surface area (Å²) < 4.78 is 35.6. The first-order valence-electron chi connectivity index (χ1n) is 11.8. The third-order valence-corrected chi connectivity index (χ3v) is 6.48. The molecule has 0 unspecified atom stereocenters. The summed E-state index contributed by atoms with van der Waals surface area (Å²) in [5.41, 5.74) is 1.29. The lowest BCUT2D eigenvalue weighted by Gasteiger charge is -2.30. The lowest BCUT2D eigenvalue weighted by Crippen LogP contribution is -2.38. The molecular formula is C26H28BrF2N7O. The van der Waals surface area contributed by atoms with Gasteiger partial charge in [0.25, 0.3) is 6.43 Å². The number of terminal acetylenes is 1. The predicted molar refractivity (Wildman–Crippen MR) is 144 cm³/mol. The average Bonchev–Trinajstić information content (AvgIpc) is 3.28. The molecule has 1 aliphatic rings. The molecule has 11 heteroatoms. The highest BCUT2D eigenvalue weighted by Gasteiger charge is 2.27. The van der Waals surface area contributed by atoms with Crippen molar-refractivity contribution in [2.24, 2.45) is 0 Å². The summed E-state index contributed by atoms with van der Waals surface area (Å²) in [6, 6.07) is 6.92. The van der Waals surface area contributed by atoms with E-state index in [0.717, 1.165) is 5.57 Å². The van der Waals surface area contributed by atoms with E-state index in [2.05, 4.69) is 47.1 Å². The molecule has 1 aromatic carbocycles. The lowest BCUT2D eigenvalue weighted by molar-refractivity contribution is 0.122. The van der Waals surface area contributed by atoms with Gasteiger partial charge >= 0.3 is 0 Å². The van der Waals surface area contributed by atoms with Crippen LogP contribution in [0.25, 0.3) is 17.0 Å². The van der Waals surface area contributed by atoms with E-state index in [1.807, 2.05) is 37.8 Å². The number of imidazole rings is 1. The molecule has 0 bridgehead atoms.